The summed E-state index contributed by atoms with van der Waals surface area (Å²) in [7, 11) is 3.78. The van der Waals surface area contributed by atoms with E-state index >= 15 is 0 Å². The third-order valence-electron chi connectivity index (χ3n) is 3.80. The summed E-state index contributed by atoms with van der Waals surface area (Å²) in [5.41, 5.74) is 6.98. The molecule has 0 amide bonds. The average Bonchev–Trinajstić information content (AvgIpc) is 2.42. The molecule has 0 aliphatic heterocycles. The van der Waals surface area contributed by atoms with Gasteiger partial charge in [-0.2, -0.15) is 0 Å². The Morgan fingerprint density at radius 3 is 2.42 bits per heavy atom. The number of nitrogens with two attached hydrogens (primary N) is 1. The summed E-state index contributed by atoms with van der Waals surface area (Å²) in [4.78, 5) is 2.31. The second-order valence-electron chi connectivity index (χ2n) is 4.74. The summed E-state index contributed by atoms with van der Waals surface area (Å²) in [5, 5.41) is 0.715. The van der Waals surface area contributed by atoms with Gasteiger partial charge in [-0.1, -0.05) is 31.5 Å². The zero-order valence-corrected chi connectivity index (χ0v) is 13.1. The first-order valence-electron chi connectivity index (χ1n) is 6.84. The third-order valence-corrected chi connectivity index (χ3v) is 4.13. The molecule has 2 N–H and O–H groups in total. The van der Waals surface area contributed by atoms with Crippen LogP contribution in [0.15, 0.2) is 18.2 Å². The van der Waals surface area contributed by atoms with E-state index in [1.54, 1.807) is 7.11 Å². The number of rotatable bonds is 7. The van der Waals surface area contributed by atoms with Gasteiger partial charge in [0.1, 0.15) is 5.75 Å². The number of hydrogen-bond acceptors (Lipinski definition) is 3. The van der Waals surface area contributed by atoms with Crippen LogP contribution in [0, 0.1) is 0 Å². The largest absolute Gasteiger partial charge is 0.496 e. The van der Waals surface area contributed by atoms with Gasteiger partial charge in [-0.25, -0.2) is 0 Å². The van der Waals surface area contributed by atoms with Crippen molar-refractivity contribution in [3.05, 3.63) is 28.8 Å². The Hall–Kier alpha value is -0.770. The number of nitrogens with zero attached hydrogens (tertiary/aromatic N) is 1. The van der Waals surface area contributed by atoms with E-state index in [9.17, 15) is 0 Å². The van der Waals surface area contributed by atoms with E-state index < -0.39 is 0 Å². The topological polar surface area (TPSA) is 38.5 Å². The van der Waals surface area contributed by atoms with E-state index in [0.29, 0.717) is 17.6 Å². The molecule has 0 aliphatic carbocycles. The number of likely N-dealkylation sites (N-methyl/N-ethyl adjacent to an activating group) is 1. The second-order valence-corrected chi connectivity index (χ2v) is 5.15. The Morgan fingerprint density at radius 1 is 1.32 bits per heavy atom. The van der Waals surface area contributed by atoms with Crippen LogP contribution in [0.4, 0.5) is 0 Å². The molecule has 108 valence electrons. The lowest BCUT2D eigenvalue weighted by Crippen LogP contribution is -2.38. The number of methoxy groups -OCH3 is 1. The van der Waals surface area contributed by atoms with Crippen molar-refractivity contribution in [2.75, 3.05) is 20.7 Å². The molecular formula is C15H25ClN2O. The Bertz CT molecular complexity index is 394. The Kier molecular flexibility index (Phi) is 6.63. The van der Waals surface area contributed by atoms with E-state index in [0.717, 1.165) is 24.2 Å². The highest BCUT2D eigenvalue weighted by atomic mass is 35.5. The van der Waals surface area contributed by atoms with Gasteiger partial charge in [0.2, 0.25) is 0 Å². The molecule has 1 aromatic rings. The van der Waals surface area contributed by atoms with Crippen molar-refractivity contribution in [3.8, 4) is 5.75 Å². The maximum atomic E-state index is 6.35. The summed E-state index contributed by atoms with van der Waals surface area (Å²) in [5.74, 6) is 0.806. The van der Waals surface area contributed by atoms with Gasteiger partial charge < -0.3 is 10.5 Å². The van der Waals surface area contributed by atoms with Crippen molar-refractivity contribution in [2.24, 2.45) is 5.73 Å². The third kappa shape index (κ3) is 3.62. The summed E-state index contributed by atoms with van der Waals surface area (Å²) < 4.78 is 5.44. The monoisotopic (exact) mass is 284 g/mol. The molecule has 1 atom stereocenters. The fraction of sp³-hybridized carbons (Fsp3) is 0.600. The fourth-order valence-corrected chi connectivity index (χ4v) is 2.92. The van der Waals surface area contributed by atoms with Gasteiger partial charge in [0, 0.05) is 23.2 Å². The maximum absolute atomic E-state index is 6.35. The quantitative estimate of drug-likeness (QED) is 0.833. The standard InChI is InChI=1S/C15H25ClN2O/c1-5-11(6-2)18(3)13(10-17)15-12(16)8-7-9-14(15)19-4/h7-9,11,13H,5-6,10,17H2,1-4H3. The van der Waals surface area contributed by atoms with Gasteiger partial charge in [-0.3, -0.25) is 4.90 Å². The SMILES string of the molecule is CCC(CC)N(C)C(CN)c1c(Cl)cccc1OC. The van der Waals surface area contributed by atoms with E-state index in [1.165, 1.54) is 0 Å². The zero-order valence-electron chi connectivity index (χ0n) is 12.3. The first-order valence-corrected chi connectivity index (χ1v) is 7.22. The lowest BCUT2D eigenvalue weighted by atomic mass is 10.0. The summed E-state index contributed by atoms with van der Waals surface area (Å²) >= 11 is 6.35. The normalized spacial score (nSPS) is 13.1. The molecule has 0 fully saturated rings. The van der Waals surface area contributed by atoms with Crippen LogP contribution >= 0.6 is 11.6 Å². The predicted octanol–water partition coefficient (Wildman–Crippen LogP) is 3.47. The van der Waals surface area contributed by atoms with Gasteiger partial charge in [0.15, 0.2) is 0 Å². The molecule has 0 saturated heterocycles. The van der Waals surface area contributed by atoms with Crippen molar-refractivity contribution in [3.63, 3.8) is 0 Å². The van der Waals surface area contributed by atoms with Crippen LogP contribution in [0.1, 0.15) is 38.3 Å². The molecule has 0 aromatic heterocycles. The predicted molar refractivity (Wildman–Crippen MR) is 81.9 cm³/mol. The Balaban J connectivity index is 3.16. The van der Waals surface area contributed by atoms with Gasteiger partial charge in [0.05, 0.1) is 13.2 Å². The lowest BCUT2D eigenvalue weighted by molar-refractivity contribution is 0.165. The minimum atomic E-state index is 0.0774. The molecule has 0 radical (unpaired) electrons. The molecule has 19 heavy (non-hydrogen) atoms. The summed E-state index contributed by atoms with van der Waals surface area (Å²) in [6, 6.07) is 6.30. The van der Waals surface area contributed by atoms with Crippen LogP contribution in [0.3, 0.4) is 0 Å². The van der Waals surface area contributed by atoms with E-state index in [2.05, 4.69) is 25.8 Å². The number of hydrogen-bond donors (Lipinski definition) is 1. The van der Waals surface area contributed by atoms with Crippen LogP contribution in [-0.4, -0.2) is 31.6 Å². The number of halogens is 1. The van der Waals surface area contributed by atoms with Crippen LogP contribution in [-0.2, 0) is 0 Å². The van der Waals surface area contributed by atoms with Crippen molar-refractivity contribution < 1.29 is 4.74 Å². The smallest absolute Gasteiger partial charge is 0.125 e. The van der Waals surface area contributed by atoms with Gasteiger partial charge >= 0.3 is 0 Å². The van der Waals surface area contributed by atoms with Crippen LogP contribution in [0.2, 0.25) is 5.02 Å². The van der Waals surface area contributed by atoms with Crippen LogP contribution in [0.25, 0.3) is 0 Å². The van der Waals surface area contributed by atoms with Gasteiger partial charge in [-0.15, -0.1) is 0 Å². The van der Waals surface area contributed by atoms with Crippen LogP contribution in [0.5, 0.6) is 5.75 Å². The van der Waals surface area contributed by atoms with Crippen molar-refractivity contribution >= 4 is 11.6 Å². The molecule has 1 aromatic carbocycles. The molecule has 1 rings (SSSR count). The average molecular weight is 285 g/mol. The summed E-state index contributed by atoms with van der Waals surface area (Å²) in [6.07, 6.45) is 2.19. The minimum Gasteiger partial charge on any atom is -0.496 e. The van der Waals surface area contributed by atoms with E-state index in [1.807, 2.05) is 18.2 Å². The molecule has 0 aliphatic rings. The van der Waals surface area contributed by atoms with Crippen molar-refractivity contribution in [2.45, 2.75) is 38.8 Å². The number of ether oxygens (including phenoxy) is 1. The maximum Gasteiger partial charge on any atom is 0.125 e. The minimum absolute atomic E-state index is 0.0774. The first kappa shape index (κ1) is 16.3. The zero-order chi connectivity index (χ0) is 14.4. The highest BCUT2D eigenvalue weighted by Gasteiger charge is 2.25. The molecule has 0 spiro atoms. The molecular weight excluding hydrogens is 260 g/mol. The van der Waals surface area contributed by atoms with E-state index in [-0.39, 0.29) is 6.04 Å². The number of benzene rings is 1. The van der Waals surface area contributed by atoms with Crippen LogP contribution < -0.4 is 10.5 Å². The Morgan fingerprint density at radius 2 is 1.95 bits per heavy atom. The Labute approximate surface area is 121 Å². The van der Waals surface area contributed by atoms with Gasteiger partial charge in [-0.05, 0) is 32.0 Å². The molecule has 1 unspecified atom stereocenters. The highest BCUT2D eigenvalue weighted by molar-refractivity contribution is 6.31. The first-order chi connectivity index (χ1) is 9.10. The lowest BCUT2D eigenvalue weighted by Gasteiger charge is -2.35. The molecule has 0 bridgehead atoms. The fourth-order valence-electron chi connectivity index (χ4n) is 2.63. The van der Waals surface area contributed by atoms with Crippen molar-refractivity contribution in [1.82, 2.24) is 4.90 Å². The molecule has 0 heterocycles. The van der Waals surface area contributed by atoms with Crippen molar-refractivity contribution in [1.29, 1.82) is 0 Å². The van der Waals surface area contributed by atoms with Gasteiger partial charge in [0.25, 0.3) is 0 Å². The second kappa shape index (κ2) is 7.73. The highest BCUT2D eigenvalue weighted by Crippen LogP contribution is 2.35. The molecule has 3 nitrogen and oxygen atoms in total. The summed E-state index contributed by atoms with van der Waals surface area (Å²) in [6.45, 7) is 4.91. The molecule has 4 heteroatoms. The molecule has 0 saturated carbocycles. The van der Waals surface area contributed by atoms with E-state index in [4.69, 9.17) is 22.1 Å².